The quantitative estimate of drug-likeness (QED) is 0.742. The van der Waals surface area contributed by atoms with E-state index in [0.29, 0.717) is 36.5 Å². The fourth-order valence-corrected chi connectivity index (χ4v) is 1.82. The summed E-state index contributed by atoms with van der Waals surface area (Å²) in [7, 11) is 0. The third-order valence-corrected chi connectivity index (χ3v) is 2.84. The van der Waals surface area contributed by atoms with Crippen molar-refractivity contribution >= 4 is 5.97 Å². The van der Waals surface area contributed by atoms with Gasteiger partial charge in [0.05, 0.1) is 12.3 Å². The third-order valence-electron chi connectivity index (χ3n) is 2.84. The lowest BCUT2D eigenvalue weighted by Gasteiger charge is -2.00. The second-order valence-corrected chi connectivity index (χ2v) is 5.10. The molecule has 0 amide bonds. The van der Waals surface area contributed by atoms with Gasteiger partial charge in [-0.25, -0.2) is 9.48 Å². The molecule has 0 aliphatic heterocycles. The lowest BCUT2D eigenvalue weighted by Crippen LogP contribution is -2.09. The number of esters is 1. The predicted octanol–water partition coefficient (Wildman–Crippen LogP) is 1.39. The molecule has 0 saturated heterocycles. The minimum atomic E-state index is -0.477. The Morgan fingerprint density at radius 1 is 1.43 bits per heavy atom. The van der Waals surface area contributed by atoms with Gasteiger partial charge in [0.15, 0.2) is 11.5 Å². The SMILES string of the molecule is CCOC(=O)c1nnn(Cc2noc(CC(C)C)n2)c1C. The maximum atomic E-state index is 11.7. The molecule has 0 unspecified atom stereocenters. The van der Waals surface area contributed by atoms with Crippen LogP contribution in [0, 0.1) is 12.8 Å². The molecular formula is C13H19N5O3. The molecule has 0 aliphatic carbocycles. The molecule has 8 heteroatoms. The first-order valence-corrected chi connectivity index (χ1v) is 6.90. The molecule has 2 aromatic heterocycles. The second-order valence-electron chi connectivity index (χ2n) is 5.10. The molecule has 0 aliphatic rings. The first-order chi connectivity index (χ1) is 10.0. The first kappa shape index (κ1) is 15.1. The monoisotopic (exact) mass is 293 g/mol. The normalized spacial score (nSPS) is 11.1. The summed E-state index contributed by atoms with van der Waals surface area (Å²) in [4.78, 5) is 16.0. The Morgan fingerprint density at radius 2 is 2.19 bits per heavy atom. The van der Waals surface area contributed by atoms with Crippen molar-refractivity contribution in [1.29, 1.82) is 0 Å². The van der Waals surface area contributed by atoms with E-state index >= 15 is 0 Å². The Morgan fingerprint density at radius 3 is 2.86 bits per heavy atom. The summed E-state index contributed by atoms with van der Waals surface area (Å²) in [5.74, 6) is 1.08. The number of hydrogen-bond acceptors (Lipinski definition) is 7. The van der Waals surface area contributed by atoms with Crippen molar-refractivity contribution in [3.8, 4) is 0 Å². The van der Waals surface area contributed by atoms with Crippen LogP contribution in [0.2, 0.25) is 0 Å². The standard InChI is InChI=1S/C13H19N5O3/c1-5-20-13(19)12-9(4)18(17-15-12)7-10-14-11(21-16-10)6-8(2)3/h8H,5-7H2,1-4H3. The fraction of sp³-hybridized carbons (Fsp3) is 0.615. The van der Waals surface area contributed by atoms with E-state index in [1.807, 2.05) is 0 Å². The molecule has 0 aromatic carbocycles. The van der Waals surface area contributed by atoms with Crippen molar-refractivity contribution < 1.29 is 14.1 Å². The molecule has 0 atom stereocenters. The molecule has 0 N–H and O–H groups in total. The van der Waals surface area contributed by atoms with Gasteiger partial charge in [0, 0.05) is 6.42 Å². The van der Waals surface area contributed by atoms with E-state index < -0.39 is 5.97 Å². The van der Waals surface area contributed by atoms with Crippen molar-refractivity contribution in [2.75, 3.05) is 6.61 Å². The van der Waals surface area contributed by atoms with Gasteiger partial charge in [-0.05, 0) is 19.8 Å². The Bertz CT molecular complexity index is 617. The highest BCUT2D eigenvalue weighted by atomic mass is 16.5. The maximum absolute atomic E-state index is 11.7. The molecule has 8 nitrogen and oxygen atoms in total. The van der Waals surface area contributed by atoms with Gasteiger partial charge in [-0.2, -0.15) is 4.98 Å². The minimum Gasteiger partial charge on any atom is -0.461 e. The van der Waals surface area contributed by atoms with Crippen LogP contribution in [0.15, 0.2) is 4.52 Å². The van der Waals surface area contributed by atoms with Gasteiger partial charge in [-0.1, -0.05) is 24.2 Å². The van der Waals surface area contributed by atoms with E-state index in [1.54, 1.807) is 18.5 Å². The van der Waals surface area contributed by atoms with Crippen molar-refractivity contribution in [1.82, 2.24) is 25.1 Å². The summed E-state index contributed by atoms with van der Waals surface area (Å²) >= 11 is 0. The Balaban J connectivity index is 2.10. The average molecular weight is 293 g/mol. The summed E-state index contributed by atoms with van der Waals surface area (Å²) < 4.78 is 11.6. The Labute approximate surface area is 122 Å². The van der Waals surface area contributed by atoms with E-state index in [4.69, 9.17) is 9.26 Å². The largest absolute Gasteiger partial charge is 0.461 e. The van der Waals surface area contributed by atoms with Crippen LogP contribution in [0.25, 0.3) is 0 Å². The number of ether oxygens (including phenoxy) is 1. The van der Waals surface area contributed by atoms with Crippen LogP contribution in [0.4, 0.5) is 0 Å². The summed E-state index contributed by atoms with van der Waals surface area (Å²) in [6, 6.07) is 0. The zero-order valence-electron chi connectivity index (χ0n) is 12.7. The number of rotatable bonds is 6. The van der Waals surface area contributed by atoms with Crippen LogP contribution >= 0.6 is 0 Å². The van der Waals surface area contributed by atoms with E-state index in [9.17, 15) is 4.79 Å². The summed E-state index contributed by atoms with van der Waals surface area (Å²) in [5, 5.41) is 11.7. The van der Waals surface area contributed by atoms with E-state index in [2.05, 4.69) is 34.3 Å². The van der Waals surface area contributed by atoms with Gasteiger partial charge in [-0.3, -0.25) is 0 Å². The third kappa shape index (κ3) is 3.65. The summed E-state index contributed by atoms with van der Waals surface area (Å²) in [6.45, 7) is 8.26. The molecule has 2 aromatic rings. The van der Waals surface area contributed by atoms with Gasteiger partial charge in [0.25, 0.3) is 0 Å². The molecule has 0 bridgehead atoms. The van der Waals surface area contributed by atoms with Gasteiger partial charge in [0.2, 0.25) is 5.89 Å². The molecule has 0 radical (unpaired) electrons. The number of carbonyl (C=O) groups is 1. The van der Waals surface area contributed by atoms with Crippen LogP contribution in [-0.4, -0.2) is 37.7 Å². The molecule has 2 heterocycles. The molecule has 21 heavy (non-hydrogen) atoms. The first-order valence-electron chi connectivity index (χ1n) is 6.90. The van der Waals surface area contributed by atoms with Crippen molar-refractivity contribution in [3.63, 3.8) is 0 Å². The van der Waals surface area contributed by atoms with Crippen LogP contribution in [0.1, 0.15) is 48.7 Å². The minimum absolute atomic E-state index is 0.211. The van der Waals surface area contributed by atoms with Crippen LogP contribution in [-0.2, 0) is 17.7 Å². The highest BCUT2D eigenvalue weighted by molar-refractivity contribution is 5.88. The van der Waals surface area contributed by atoms with E-state index in [-0.39, 0.29) is 5.69 Å². The number of carbonyl (C=O) groups excluding carboxylic acids is 1. The lowest BCUT2D eigenvalue weighted by molar-refractivity contribution is 0.0518. The maximum Gasteiger partial charge on any atom is 0.360 e. The number of nitrogens with zero attached hydrogens (tertiary/aromatic N) is 5. The summed E-state index contributed by atoms with van der Waals surface area (Å²) in [6.07, 6.45) is 0.734. The second kappa shape index (κ2) is 6.47. The average Bonchev–Trinajstić information content (AvgIpc) is 2.98. The molecule has 114 valence electrons. The van der Waals surface area contributed by atoms with Crippen LogP contribution in [0.5, 0.6) is 0 Å². The van der Waals surface area contributed by atoms with Crippen LogP contribution < -0.4 is 0 Å². The van der Waals surface area contributed by atoms with Gasteiger partial charge >= 0.3 is 5.97 Å². The highest BCUT2D eigenvalue weighted by Gasteiger charge is 2.18. The number of hydrogen-bond donors (Lipinski definition) is 0. The zero-order valence-corrected chi connectivity index (χ0v) is 12.7. The van der Waals surface area contributed by atoms with Crippen molar-refractivity contribution in [2.24, 2.45) is 5.92 Å². The topological polar surface area (TPSA) is 95.9 Å². The van der Waals surface area contributed by atoms with Gasteiger partial charge in [-0.15, -0.1) is 5.10 Å². The predicted molar refractivity (Wildman–Crippen MR) is 72.7 cm³/mol. The van der Waals surface area contributed by atoms with Crippen molar-refractivity contribution in [3.05, 3.63) is 23.1 Å². The molecule has 0 spiro atoms. The highest BCUT2D eigenvalue weighted by Crippen LogP contribution is 2.09. The Kier molecular flexibility index (Phi) is 4.66. The van der Waals surface area contributed by atoms with Gasteiger partial charge in [0.1, 0.15) is 6.54 Å². The molecule has 2 rings (SSSR count). The molecule has 0 fully saturated rings. The van der Waals surface area contributed by atoms with Gasteiger partial charge < -0.3 is 9.26 Å². The Hall–Kier alpha value is -2.25. The fourth-order valence-electron chi connectivity index (χ4n) is 1.82. The number of aromatic nitrogens is 5. The van der Waals surface area contributed by atoms with Crippen molar-refractivity contribution in [2.45, 2.75) is 40.7 Å². The van der Waals surface area contributed by atoms with Crippen LogP contribution in [0.3, 0.4) is 0 Å². The van der Waals surface area contributed by atoms with E-state index in [0.717, 1.165) is 6.42 Å². The lowest BCUT2D eigenvalue weighted by atomic mass is 10.1. The summed E-state index contributed by atoms with van der Waals surface area (Å²) in [5.41, 5.74) is 0.825. The molecular weight excluding hydrogens is 274 g/mol. The smallest absolute Gasteiger partial charge is 0.360 e. The van der Waals surface area contributed by atoms with E-state index in [1.165, 1.54) is 0 Å². The zero-order chi connectivity index (χ0) is 15.4. The molecule has 0 saturated carbocycles.